The predicted molar refractivity (Wildman–Crippen MR) is 65.5 cm³/mol. The fourth-order valence-electron chi connectivity index (χ4n) is 2.47. The van der Waals surface area contributed by atoms with Gasteiger partial charge in [-0.25, -0.2) is 0 Å². The maximum absolute atomic E-state index is 12.2. The average Bonchev–Trinajstić information content (AvgIpc) is 2.33. The van der Waals surface area contributed by atoms with Crippen molar-refractivity contribution in [3.63, 3.8) is 0 Å². The maximum atomic E-state index is 12.2. The van der Waals surface area contributed by atoms with Gasteiger partial charge in [-0.2, -0.15) is 0 Å². The molecule has 0 heterocycles. The van der Waals surface area contributed by atoms with Gasteiger partial charge >= 0.3 is 0 Å². The molecule has 86 valence electrons. The first kappa shape index (κ1) is 11.3. The Balaban J connectivity index is 2.03. The van der Waals surface area contributed by atoms with Gasteiger partial charge in [0, 0.05) is 11.5 Å². The lowest BCUT2D eigenvalue weighted by molar-refractivity contribution is 0.0893. The molecular weight excluding hydrogens is 198 g/mol. The van der Waals surface area contributed by atoms with Gasteiger partial charge in [0.05, 0.1) is 0 Å². The summed E-state index contributed by atoms with van der Waals surface area (Å²) in [6.07, 6.45) is 5.18. The van der Waals surface area contributed by atoms with Gasteiger partial charge in [0.15, 0.2) is 5.78 Å². The molecule has 1 aliphatic carbocycles. The predicted octanol–water partition coefficient (Wildman–Crippen LogP) is 2.56. The van der Waals surface area contributed by atoms with E-state index in [1.165, 1.54) is 5.56 Å². The molecule has 2 heteroatoms. The summed E-state index contributed by atoms with van der Waals surface area (Å²) in [5.41, 5.74) is 7.65. The van der Waals surface area contributed by atoms with Gasteiger partial charge in [0.2, 0.25) is 0 Å². The number of fused-ring (bicyclic) bond motifs is 1. The van der Waals surface area contributed by atoms with Gasteiger partial charge in [-0.05, 0) is 37.8 Å². The van der Waals surface area contributed by atoms with Crippen LogP contribution in [0, 0.1) is 5.92 Å². The zero-order valence-electron chi connectivity index (χ0n) is 9.61. The molecule has 0 radical (unpaired) electrons. The lowest BCUT2D eigenvalue weighted by atomic mass is 9.80. The number of aryl methyl sites for hydroxylation is 1. The molecule has 1 aliphatic rings. The van der Waals surface area contributed by atoms with Gasteiger partial charge in [0.25, 0.3) is 0 Å². The topological polar surface area (TPSA) is 43.1 Å². The van der Waals surface area contributed by atoms with Crippen molar-refractivity contribution in [2.75, 3.05) is 6.54 Å². The van der Waals surface area contributed by atoms with Crippen molar-refractivity contribution < 1.29 is 4.79 Å². The summed E-state index contributed by atoms with van der Waals surface area (Å²) in [7, 11) is 0. The Bertz CT molecular complexity index is 373. The third-order valence-corrected chi connectivity index (χ3v) is 3.42. The van der Waals surface area contributed by atoms with Crippen molar-refractivity contribution >= 4 is 5.78 Å². The number of hydrogen-bond donors (Lipinski definition) is 1. The fourth-order valence-corrected chi connectivity index (χ4v) is 2.47. The molecule has 0 amide bonds. The smallest absolute Gasteiger partial charge is 0.166 e. The highest BCUT2D eigenvalue weighted by atomic mass is 16.1. The number of Topliss-reactive ketones (excluding diaryl/α,β-unsaturated/α-hetero) is 1. The zero-order valence-corrected chi connectivity index (χ0v) is 9.61. The number of hydrogen-bond acceptors (Lipinski definition) is 2. The molecule has 2 rings (SSSR count). The number of rotatable bonds is 4. The van der Waals surface area contributed by atoms with Gasteiger partial charge in [-0.3, -0.25) is 4.79 Å². The SMILES string of the molecule is NCCCCC1CCc2ccccc2C1=O. The Morgan fingerprint density at radius 2 is 2.06 bits per heavy atom. The van der Waals surface area contributed by atoms with Gasteiger partial charge in [0.1, 0.15) is 0 Å². The summed E-state index contributed by atoms with van der Waals surface area (Å²) in [5.74, 6) is 0.584. The van der Waals surface area contributed by atoms with E-state index in [2.05, 4.69) is 6.07 Å². The minimum Gasteiger partial charge on any atom is -0.330 e. The molecule has 0 aromatic heterocycles. The molecule has 1 atom stereocenters. The summed E-state index contributed by atoms with van der Waals surface area (Å²) in [6, 6.07) is 8.01. The molecule has 2 N–H and O–H groups in total. The third kappa shape index (κ3) is 2.33. The first-order chi connectivity index (χ1) is 7.83. The normalized spacial score (nSPS) is 19.6. The van der Waals surface area contributed by atoms with Crippen LogP contribution in [-0.4, -0.2) is 12.3 Å². The van der Waals surface area contributed by atoms with Crippen LogP contribution in [0.25, 0.3) is 0 Å². The molecule has 1 aromatic carbocycles. The molecule has 0 saturated carbocycles. The molecule has 1 aromatic rings. The van der Waals surface area contributed by atoms with Gasteiger partial charge < -0.3 is 5.73 Å². The molecule has 0 saturated heterocycles. The van der Waals surface area contributed by atoms with Crippen LogP contribution in [0.1, 0.15) is 41.6 Å². The van der Waals surface area contributed by atoms with Crippen molar-refractivity contribution in [2.24, 2.45) is 11.7 Å². The van der Waals surface area contributed by atoms with Crippen LogP contribution < -0.4 is 5.73 Å². The molecular formula is C14H19NO. The Morgan fingerprint density at radius 1 is 1.25 bits per heavy atom. The van der Waals surface area contributed by atoms with E-state index in [1.54, 1.807) is 0 Å². The second kappa shape index (κ2) is 5.26. The molecule has 0 bridgehead atoms. The highest BCUT2D eigenvalue weighted by molar-refractivity contribution is 6.00. The number of unbranched alkanes of at least 4 members (excludes halogenated alkanes) is 1. The van der Waals surface area contributed by atoms with E-state index in [0.717, 1.165) is 44.2 Å². The van der Waals surface area contributed by atoms with E-state index in [9.17, 15) is 4.79 Å². The summed E-state index contributed by atoms with van der Waals surface area (Å²) in [6.45, 7) is 0.734. The maximum Gasteiger partial charge on any atom is 0.166 e. The molecule has 0 spiro atoms. The van der Waals surface area contributed by atoms with Crippen LogP contribution in [0.15, 0.2) is 24.3 Å². The van der Waals surface area contributed by atoms with E-state index in [-0.39, 0.29) is 5.92 Å². The van der Waals surface area contributed by atoms with Crippen LogP contribution in [0.5, 0.6) is 0 Å². The number of carbonyl (C=O) groups is 1. The molecule has 1 unspecified atom stereocenters. The number of nitrogens with two attached hydrogens (primary N) is 1. The molecule has 0 aliphatic heterocycles. The molecule has 0 fully saturated rings. The van der Waals surface area contributed by atoms with E-state index in [4.69, 9.17) is 5.73 Å². The highest BCUT2D eigenvalue weighted by Gasteiger charge is 2.26. The second-order valence-corrected chi connectivity index (χ2v) is 4.54. The Hall–Kier alpha value is -1.15. The summed E-state index contributed by atoms with van der Waals surface area (Å²) in [5, 5.41) is 0. The first-order valence-corrected chi connectivity index (χ1v) is 6.15. The van der Waals surface area contributed by atoms with Crippen LogP contribution >= 0.6 is 0 Å². The zero-order chi connectivity index (χ0) is 11.4. The standard InChI is InChI=1S/C14H19NO/c15-10-4-3-6-12-9-8-11-5-1-2-7-13(11)14(12)16/h1-2,5,7,12H,3-4,6,8-10,15H2. The summed E-state index contributed by atoms with van der Waals surface area (Å²) in [4.78, 5) is 12.2. The van der Waals surface area contributed by atoms with Crippen molar-refractivity contribution in [3.05, 3.63) is 35.4 Å². The van der Waals surface area contributed by atoms with E-state index >= 15 is 0 Å². The minimum absolute atomic E-state index is 0.237. The fraction of sp³-hybridized carbons (Fsp3) is 0.500. The quantitative estimate of drug-likeness (QED) is 0.788. The Morgan fingerprint density at radius 3 is 2.88 bits per heavy atom. The lowest BCUT2D eigenvalue weighted by Crippen LogP contribution is -2.22. The van der Waals surface area contributed by atoms with Crippen molar-refractivity contribution in [3.8, 4) is 0 Å². The monoisotopic (exact) mass is 217 g/mol. The first-order valence-electron chi connectivity index (χ1n) is 6.15. The second-order valence-electron chi connectivity index (χ2n) is 4.54. The number of carbonyl (C=O) groups excluding carboxylic acids is 1. The van der Waals surface area contributed by atoms with Crippen molar-refractivity contribution in [1.82, 2.24) is 0 Å². The van der Waals surface area contributed by atoms with E-state index < -0.39 is 0 Å². The highest BCUT2D eigenvalue weighted by Crippen LogP contribution is 2.28. The molecule has 2 nitrogen and oxygen atoms in total. The van der Waals surface area contributed by atoms with Gasteiger partial charge in [-0.1, -0.05) is 30.7 Å². The van der Waals surface area contributed by atoms with Crippen LogP contribution in [-0.2, 0) is 6.42 Å². The minimum atomic E-state index is 0.237. The number of benzene rings is 1. The van der Waals surface area contributed by atoms with Gasteiger partial charge in [-0.15, -0.1) is 0 Å². The largest absolute Gasteiger partial charge is 0.330 e. The van der Waals surface area contributed by atoms with E-state index in [0.29, 0.717) is 5.78 Å². The van der Waals surface area contributed by atoms with Crippen molar-refractivity contribution in [2.45, 2.75) is 32.1 Å². The molecule has 16 heavy (non-hydrogen) atoms. The van der Waals surface area contributed by atoms with Crippen molar-refractivity contribution in [1.29, 1.82) is 0 Å². The van der Waals surface area contributed by atoms with Crippen LogP contribution in [0.4, 0.5) is 0 Å². The summed E-state index contributed by atoms with van der Waals surface area (Å²) < 4.78 is 0. The van der Waals surface area contributed by atoms with E-state index in [1.807, 2.05) is 18.2 Å². The Labute approximate surface area is 96.8 Å². The summed E-state index contributed by atoms with van der Waals surface area (Å²) >= 11 is 0. The van der Waals surface area contributed by atoms with Crippen LogP contribution in [0.2, 0.25) is 0 Å². The third-order valence-electron chi connectivity index (χ3n) is 3.42. The lowest BCUT2D eigenvalue weighted by Gasteiger charge is -2.23. The average molecular weight is 217 g/mol. The Kier molecular flexibility index (Phi) is 3.73. The number of ketones is 1. The van der Waals surface area contributed by atoms with Crippen LogP contribution in [0.3, 0.4) is 0 Å².